The molecule has 0 unspecified atom stereocenters. The molecule has 1 heterocycles. The minimum absolute atomic E-state index is 0.125. The van der Waals surface area contributed by atoms with Crippen LogP contribution in [0.2, 0.25) is 0 Å². The van der Waals surface area contributed by atoms with Crippen molar-refractivity contribution in [2.75, 3.05) is 5.32 Å². The van der Waals surface area contributed by atoms with Crippen LogP contribution in [0.4, 0.5) is 18.2 Å². The van der Waals surface area contributed by atoms with Crippen molar-refractivity contribution in [2.45, 2.75) is 13.1 Å². The molecule has 0 aliphatic carbocycles. The summed E-state index contributed by atoms with van der Waals surface area (Å²) in [6.45, 7) is 1.58. The molecule has 0 aromatic carbocycles. The Kier molecular flexibility index (Phi) is 3.22. The summed E-state index contributed by atoms with van der Waals surface area (Å²) in [5, 5.41) is 1.42. The van der Waals surface area contributed by atoms with E-state index in [2.05, 4.69) is 0 Å². The van der Waals surface area contributed by atoms with Gasteiger partial charge >= 0.3 is 12.1 Å². The van der Waals surface area contributed by atoms with Gasteiger partial charge in [0.1, 0.15) is 5.00 Å². The minimum atomic E-state index is -4.99. The van der Waals surface area contributed by atoms with Crippen molar-refractivity contribution in [3.63, 3.8) is 0 Å². The number of nitrogens with two attached hydrogens (primary N) is 1. The predicted octanol–water partition coefficient (Wildman–Crippen LogP) is 1.66. The van der Waals surface area contributed by atoms with Gasteiger partial charge in [0.2, 0.25) is 0 Å². The van der Waals surface area contributed by atoms with E-state index in [1.54, 1.807) is 12.2 Å². The molecule has 0 bridgehead atoms. The number of primary amides is 1. The fraction of sp³-hybridized carbons (Fsp3) is 0.250. The quantitative estimate of drug-likeness (QED) is 0.840. The van der Waals surface area contributed by atoms with Gasteiger partial charge in [0.15, 0.2) is 0 Å². The lowest BCUT2D eigenvalue weighted by atomic mass is 10.3. The lowest BCUT2D eigenvalue weighted by Crippen LogP contribution is -2.30. The highest BCUT2D eigenvalue weighted by molar-refractivity contribution is 7.16. The van der Waals surface area contributed by atoms with Gasteiger partial charge in [-0.25, -0.2) is 0 Å². The van der Waals surface area contributed by atoms with Crippen molar-refractivity contribution in [1.29, 1.82) is 0 Å². The van der Waals surface area contributed by atoms with E-state index in [4.69, 9.17) is 5.73 Å². The highest BCUT2D eigenvalue weighted by atomic mass is 32.1. The summed E-state index contributed by atoms with van der Waals surface area (Å²) < 4.78 is 35.9. The highest BCUT2D eigenvalue weighted by Crippen LogP contribution is 2.29. The smallest absolute Gasteiger partial charge is 0.366 e. The number of halogens is 3. The average molecular weight is 252 g/mol. The molecule has 88 valence electrons. The maximum atomic E-state index is 12.0. The molecule has 0 aliphatic heterocycles. The number of rotatable bonds is 2. The second-order valence-corrected chi connectivity index (χ2v) is 4.17. The van der Waals surface area contributed by atoms with E-state index in [9.17, 15) is 22.8 Å². The molecule has 1 aromatic heterocycles. The molecule has 0 atom stereocenters. The van der Waals surface area contributed by atoms with Gasteiger partial charge < -0.3 is 11.1 Å². The average Bonchev–Trinajstić information content (AvgIpc) is 2.45. The number of carbonyl (C=O) groups is 2. The van der Waals surface area contributed by atoms with Gasteiger partial charge in [0, 0.05) is 4.88 Å². The first-order valence-corrected chi connectivity index (χ1v) is 4.82. The Bertz CT molecular complexity index is 439. The number of amides is 2. The predicted molar refractivity (Wildman–Crippen MR) is 52.3 cm³/mol. The summed E-state index contributed by atoms with van der Waals surface area (Å²) in [6.07, 6.45) is -4.99. The van der Waals surface area contributed by atoms with E-state index in [0.717, 1.165) is 11.3 Å². The molecule has 8 heteroatoms. The molecule has 0 spiro atoms. The number of hydrogen-bond donors (Lipinski definition) is 2. The second kappa shape index (κ2) is 4.12. The van der Waals surface area contributed by atoms with Crippen LogP contribution in [-0.2, 0) is 4.79 Å². The van der Waals surface area contributed by atoms with Gasteiger partial charge in [-0.3, -0.25) is 9.59 Å². The molecule has 1 aromatic rings. The maximum Gasteiger partial charge on any atom is 0.471 e. The third-order valence-corrected chi connectivity index (χ3v) is 2.57. The molecule has 0 fully saturated rings. The highest BCUT2D eigenvalue weighted by Gasteiger charge is 2.39. The molecular weight excluding hydrogens is 245 g/mol. The molecule has 16 heavy (non-hydrogen) atoms. The summed E-state index contributed by atoms with van der Waals surface area (Å²) >= 11 is 0.854. The Labute approximate surface area is 92.2 Å². The van der Waals surface area contributed by atoms with Gasteiger partial charge in [-0.15, -0.1) is 11.3 Å². The summed E-state index contributed by atoms with van der Waals surface area (Å²) in [5.41, 5.74) is 4.82. The third-order valence-electron chi connectivity index (χ3n) is 1.61. The summed E-state index contributed by atoms with van der Waals surface area (Å²) in [7, 11) is 0. The van der Waals surface area contributed by atoms with Crippen LogP contribution < -0.4 is 11.1 Å². The molecule has 0 aliphatic rings. The van der Waals surface area contributed by atoms with Crippen LogP contribution in [0.5, 0.6) is 0 Å². The lowest BCUT2D eigenvalue weighted by Gasteiger charge is -2.06. The molecule has 2 amide bonds. The van der Waals surface area contributed by atoms with Crippen LogP contribution in [0.15, 0.2) is 6.07 Å². The van der Waals surface area contributed by atoms with E-state index < -0.39 is 18.0 Å². The van der Waals surface area contributed by atoms with Crippen LogP contribution in [-0.4, -0.2) is 18.0 Å². The Morgan fingerprint density at radius 3 is 2.44 bits per heavy atom. The van der Waals surface area contributed by atoms with E-state index in [1.165, 1.54) is 6.07 Å². The van der Waals surface area contributed by atoms with Crippen molar-refractivity contribution in [3.8, 4) is 0 Å². The van der Waals surface area contributed by atoms with Gasteiger partial charge in [-0.2, -0.15) is 13.2 Å². The lowest BCUT2D eigenvalue weighted by molar-refractivity contribution is -0.167. The fourth-order valence-corrected chi connectivity index (χ4v) is 1.88. The Morgan fingerprint density at radius 1 is 1.44 bits per heavy atom. The second-order valence-electron chi connectivity index (χ2n) is 2.92. The van der Waals surface area contributed by atoms with Crippen molar-refractivity contribution in [2.24, 2.45) is 5.73 Å². The number of carbonyl (C=O) groups excluding carboxylic acids is 2. The van der Waals surface area contributed by atoms with Gasteiger partial charge in [0.25, 0.3) is 5.91 Å². The van der Waals surface area contributed by atoms with E-state index in [0.29, 0.717) is 4.88 Å². The number of thiophene rings is 1. The number of alkyl halides is 3. The van der Waals surface area contributed by atoms with Crippen LogP contribution >= 0.6 is 11.3 Å². The molecule has 4 nitrogen and oxygen atoms in total. The standard InChI is InChI=1S/C8H7F3N2O2S/c1-3-2-4(5(12)14)6(16-3)13-7(15)8(9,10)11/h2H,1H3,(H2,12,14)(H,13,15). The molecular formula is C8H7F3N2O2S. The van der Waals surface area contributed by atoms with Crippen molar-refractivity contribution in [3.05, 3.63) is 16.5 Å². The van der Waals surface area contributed by atoms with Gasteiger partial charge in [-0.05, 0) is 13.0 Å². The molecule has 0 saturated heterocycles. The number of aryl methyl sites for hydroxylation is 1. The Morgan fingerprint density at radius 2 is 2.00 bits per heavy atom. The monoisotopic (exact) mass is 252 g/mol. The van der Waals surface area contributed by atoms with E-state index in [1.807, 2.05) is 0 Å². The summed E-state index contributed by atoms with van der Waals surface area (Å²) in [6, 6.07) is 1.32. The SMILES string of the molecule is Cc1cc(C(N)=O)c(NC(=O)C(F)(F)F)s1. The topological polar surface area (TPSA) is 72.2 Å². The molecule has 3 N–H and O–H groups in total. The van der Waals surface area contributed by atoms with Crippen molar-refractivity contribution in [1.82, 2.24) is 0 Å². The zero-order valence-electron chi connectivity index (χ0n) is 8.01. The minimum Gasteiger partial charge on any atom is -0.366 e. The number of nitrogens with one attached hydrogen (secondary N) is 1. The van der Waals surface area contributed by atoms with Crippen LogP contribution in [0.3, 0.4) is 0 Å². The normalized spacial score (nSPS) is 11.2. The summed E-state index contributed by atoms with van der Waals surface area (Å²) in [5.74, 6) is -3.02. The third kappa shape index (κ3) is 2.72. The first-order chi connectivity index (χ1) is 7.21. The number of anilines is 1. The fourth-order valence-electron chi connectivity index (χ4n) is 0.964. The zero-order chi connectivity index (χ0) is 12.5. The van der Waals surface area contributed by atoms with Crippen molar-refractivity contribution < 1.29 is 22.8 Å². The first-order valence-electron chi connectivity index (χ1n) is 4.00. The van der Waals surface area contributed by atoms with Gasteiger partial charge in [-0.1, -0.05) is 0 Å². The van der Waals surface area contributed by atoms with Crippen LogP contribution in [0.1, 0.15) is 15.2 Å². The zero-order valence-corrected chi connectivity index (χ0v) is 8.83. The first kappa shape index (κ1) is 12.5. The van der Waals surface area contributed by atoms with E-state index >= 15 is 0 Å². The van der Waals surface area contributed by atoms with Crippen molar-refractivity contribution >= 4 is 28.2 Å². The summed E-state index contributed by atoms with van der Waals surface area (Å²) in [4.78, 5) is 22.1. The molecule has 1 rings (SSSR count). The number of hydrogen-bond acceptors (Lipinski definition) is 3. The van der Waals surface area contributed by atoms with Crippen LogP contribution in [0, 0.1) is 6.92 Å². The largest absolute Gasteiger partial charge is 0.471 e. The Balaban J connectivity index is 2.98. The molecule has 0 radical (unpaired) electrons. The van der Waals surface area contributed by atoms with Crippen LogP contribution in [0.25, 0.3) is 0 Å². The van der Waals surface area contributed by atoms with E-state index in [-0.39, 0.29) is 10.6 Å². The molecule has 0 saturated carbocycles. The van der Waals surface area contributed by atoms with Gasteiger partial charge in [0.05, 0.1) is 5.56 Å². The maximum absolute atomic E-state index is 12.0. The Hall–Kier alpha value is -1.57.